The summed E-state index contributed by atoms with van der Waals surface area (Å²) in [6.07, 6.45) is 7.02. The number of rotatable bonds is 4. The first-order chi connectivity index (χ1) is 11.6. The van der Waals surface area contributed by atoms with Crippen molar-refractivity contribution in [2.75, 3.05) is 0 Å². The molecule has 0 spiro atoms. The van der Waals surface area contributed by atoms with Crippen LogP contribution in [0.1, 0.15) is 29.5 Å². The third-order valence-corrected chi connectivity index (χ3v) is 5.33. The Labute approximate surface area is 155 Å². The molecule has 0 atom stereocenters. The van der Waals surface area contributed by atoms with Crippen LogP contribution in [0.4, 0.5) is 0 Å². The average molecular weight is 400 g/mol. The molecule has 0 aliphatic heterocycles. The van der Waals surface area contributed by atoms with Gasteiger partial charge in [0.15, 0.2) is 5.78 Å². The molecule has 0 bridgehead atoms. The predicted molar refractivity (Wildman–Crippen MR) is 103 cm³/mol. The van der Waals surface area contributed by atoms with Crippen LogP contribution >= 0.6 is 27.5 Å². The van der Waals surface area contributed by atoms with E-state index in [1.54, 1.807) is 0 Å². The van der Waals surface area contributed by atoms with Crippen LogP contribution in [-0.4, -0.2) is 5.78 Å². The number of benzene rings is 2. The number of carbonyl (C=O) groups excluding carboxylic acids is 1. The second kappa shape index (κ2) is 6.34. The van der Waals surface area contributed by atoms with Crippen molar-refractivity contribution < 1.29 is 4.79 Å². The van der Waals surface area contributed by atoms with Crippen LogP contribution in [0.5, 0.6) is 0 Å². The number of hydrogen-bond acceptors (Lipinski definition) is 1. The smallest absolute Gasteiger partial charge is 0.166 e. The van der Waals surface area contributed by atoms with Gasteiger partial charge < -0.3 is 0 Å². The van der Waals surface area contributed by atoms with Gasteiger partial charge in [-0.15, -0.1) is 0 Å². The van der Waals surface area contributed by atoms with Gasteiger partial charge in [0.1, 0.15) is 0 Å². The molecule has 2 aliphatic carbocycles. The molecule has 2 aromatic rings. The van der Waals surface area contributed by atoms with Crippen LogP contribution in [0.2, 0.25) is 5.02 Å². The summed E-state index contributed by atoms with van der Waals surface area (Å²) in [5.41, 5.74) is 5.46. The van der Waals surface area contributed by atoms with E-state index in [0.717, 1.165) is 51.0 Å². The van der Waals surface area contributed by atoms with Crippen molar-refractivity contribution >= 4 is 45.0 Å². The lowest BCUT2D eigenvalue weighted by molar-refractivity contribution is -0.114. The van der Waals surface area contributed by atoms with Crippen LogP contribution in [0.15, 0.2) is 58.6 Å². The highest BCUT2D eigenvalue weighted by Crippen LogP contribution is 2.42. The minimum absolute atomic E-state index is 0.230. The van der Waals surface area contributed by atoms with Gasteiger partial charge in [0.25, 0.3) is 0 Å². The summed E-state index contributed by atoms with van der Waals surface area (Å²) in [4.78, 5) is 12.8. The Morgan fingerprint density at radius 3 is 2.54 bits per heavy atom. The zero-order chi connectivity index (χ0) is 16.7. The van der Waals surface area contributed by atoms with Crippen LogP contribution < -0.4 is 0 Å². The molecule has 0 aromatic heterocycles. The molecule has 1 nitrogen and oxygen atoms in total. The fraction of sp³-hybridized carbons (Fsp3) is 0.190. The fourth-order valence-corrected chi connectivity index (χ4v) is 3.71. The summed E-state index contributed by atoms with van der Waals surface area (Å²) in [6, 6.07) is 13.9. The van der Waals surface area contributed by atoms with Crippen molar-refractivity contribution in [3.8, 4) is 0 Å². The van der Waals surface area contributed by atoms with E-state index in [1.807, 2.05) is 30.3 Å². The van der Waals surface area contributed by atoms with Crippen molar-refractivity contribution in [1.82, 2.24) is 0 Å². The molecule has 2 aliphatic rings. The summed E-state index contributed by atoms with van der Waals surface area (Å²) < 4.78 is 1.06. The third kappa shape index (κ3) is 3.13. The minimum atomic E-state index is 0.230. The molecule has 2 aromatic carbocycles. The van der Waals surface area contributed by atoms with E-state index < -0.39 is 0 Å². The van der Waals surface area contributed by atoms with Crippen molar-refractivity contribution in [3.63, 3.8) is 0 Å². The normalized spacial score (nSPS) is 16.8. The Hall–Kier alpha value is -1.64. The van der Waals surface area contributed by atoms with E-state index in [-0.39, 0.29) is 5.92 Å². The van der Waals surface area contributed by atoms with Crippen molar-refractivity contribution in [2.45, 2.75) is 19.3 Å². The number of halogens is 2. The predicted octanol–water partition coefficient (Wildman–Crippen LogP) is 6.10. The minimum Gasteiger partial charge on any atom is -0.294 e. The Balaban J connectivity index is 1.71. The standard InChI is InChI=1S/C21H16BrClO/c22-17-7-10-19-16(12-17)11-15(20(19)21(24)14-5-6-14)4-1-13-2-8-18(23)9-3-13/h1-4,7-10,12,14H,5-6,11H2/b4-1+. The molecule has 0 heterocycles. The van der Waals surface area contributed by atoms with E-state index in [9.17, 15) is 4.79 Å². The second-order valence-corrected chi connectivity index (χ2v) is 7.75. The lowest BCUT2D eigenvalue weighted by Gasteiger charge is -2.05. The maximum Gasteiger partial charge on any atom is 0.166 e. The Kier molecular flexibility index (Phi) is 4.19. The number of ketones is 1. The number of carbonyl (C=O) groups is 1. The zero-order valence-electron chi connectivity index (χ0n) is 13.1. The molecule has 3 heteroatoms. The molecule has 1 saturated carbocycles. The lowest BCUT2D eigenvalue weighted by Crippen LogP contribution is -2.04. The van der Waals surface area contributed by atoms with Crippen molar-refractivity contribution in [3.05, 3.63) is 80.3 Å². The van der Waals surface area contributed by atoms with E-state index >= 15 is 0 Å². The second-order valence-electron chi connectivity index (χ2n) is 6.40. The number of Topliss-reactive ketones (excluding diaryl/α,β-unsaturated/α-hetero) is 1. The SMILES string of the molecule is O=C(C1=C(/C=C/c2ccc(Cl)cc2)Cc2cc(Br)ccc21)C1CC1. The summed E-state index contributed by atoms with van der Waals surface area (Å²) in [5, 5.41) is 0.731. The Morgan fingerprint density at radius 1 is 1.08 bits per heavy atom. The summed E-state index contributed by atoms with van der Waals surface area (Å²) in [7, 11) is 0. The zero-order valence-corrected chi connectivity index (χ0v) is 15.4. The highest BCUT2D eigenvalue weighted by Gasteiger charge is 2.36. The molecule has 1 fully saturated rings. The Bertz CT molecular complexity index is 873. The van der Waals surface area contributed by atoms with Crippen LogP contribution in [0.3, 0.4) is 0 Å². The van der Waals surface area contributed by atoms with E-state index in [4.69, 9.17) is 11.6 Å². The topological polar surface area (TPSA) is 17.1 Å². The lowest BCUT2D eigenvalue weighted by atomic mass is 9.98. The molecular weight excluding hydrogens is 384 g/mol. The van der Waals surface area contributed by atoms with Crippen molar-refractivity contribution in [2.24, 2.45) is 5.92 Å². The number of fused-ring (bicyclic) bond motifs is 1. The third-order valence-electron chi connectivity index (χ3n) is 4.58. The highest BCUT2D eigenvalue weighted by atomic mass is 79.9. The van der Waals surface area contributed by atoms with Gasteiger partial charge in [0.05, 0.1) is 0 Å². The molecule has 24 heavy (non-hydrogen) atoms. The fourth-order valence-electron chi connectivity index (χ4n) is 3.17. The van der Waals surface area contributed by atoms with E-state index in [1.165, 1.54) is 5.56 Å². The van der Waals surface area contributed by atoms with Gasteiger partial charge in [-0.2, -0.15) is 0 Å². The van der Waals surface area contributed by atoms with Gasteiger partial charge in [0.2, 0.25) is 0 Å². The van der Waals surface area contributed by atoms with Gasteiger partial charge >= 0.3 is 0 Å². The molecular formula is C21H16BrClO. The molecule has 0 unspecified atom stereocenters. The quantitative estimate of drug-likeness (QED) is 0.606. The summed E-state index contributed by atoms with van der Waals surface area (Å²) in [5.74, 6) is 0.542. The molecule has 0 saturated heterocycles. The van der Waals surface area contributed by atoms with Crippen molar-refractivity contribution in [1.29, 1.82) is 0 Å². The van der Waals surface area contributed by atoms with Crippen LogP contribution in [0, 0.1) is 5.92 Å². The average Bonchev–Trinajstić information content (AvgIpc) is 3.35. The Morgan fingerprint density at radius 2 is 1.83 bits per heavy atom. The first-order valence-corrected chi connectivity index (χ1v) is 9.29. The first kappa shape index (κ1) is 15.9. The van der Waals surface area contributed by atoms with Crippen LogP contribution in [0.25, 0.3) is 11.6 Å². The first-order valence-electron chi connectivity index (χ1n) is 8.11. The van der Waals surface area contributed by atoms with Gasteiger partial charge in [0, 0.05) is 21.0 Å². The highest BCUT2D eigenvalue weighted by molar-refractivity contribution is 9.10. The van der Waals surface area contributed by atoms with E-state index in [0.29, 0.717) is 5.78 Å². The van der Waals surface area contributed by atoms with Gasteiger partial charge in [-0.05, 0) is 65.8 Å². The molecule has 0 N–H and O–H groups in total. The van der Waals surface area contributed by atoms with E-state index in [2.05, 4.69) is 40.2 Å². The van der Waals surface area contributed by atoms with Crippen LogP contribution in [-0.2, 0) is 11.2 Å². The number of hydrogen-bond donors (Lipinski definition) is 0. The largest absolute Gasteiger partial charge is 0.294 e. The van der Waals surface area contributed by atoms with Gasteiger partial charge in [-0.3, -0.25) is 4.79 Å². The van der Waals surface area contributed by atoms with Gasteiger partial charge in [-0.1, -0.05) is 57.9 Å². The monoisotopic (exact) mass is 398 g/mol. The van der Waals surface area contributed by atoms with Gasteiger partial charge in [-0.25, -0.2) is 0 Å². The molecule has 4 rings (SSSR count). The summed E-state index contributed by atoms with van der Waals surface area (Å²) in [6.45, 7) is 0. The molecule has 0 amide bonds. The maximum atomic E-state index is 12.8. The molecule has 120 valence electrons. The number of allylic oxidation sites excluding steroid dienone is 3. The summed E-state index contributed by atoms with van der Waals surface area (Å²) >= 11 is 9.47. The molecule has 0 radical (unpaired) electrons. The maximum absolute atomic E-state index is 12.8.